The molecule has 0 unspecified atom stereocenters. The summed E-state index contributed by atoms with van der Waals surface area (Å²) in [4.78, 5) is 26.1. The minimum Gasteiger partial charge on any atom is -0.358 e. The van der Waals surface area contributed by atoms with Gasteiger partial charge >= 0.3 is 5.82 Å². The van der Waals surface area contributed by atoms with Gasteiger partial charge in [0.25, 0.3) is 5.91 Å². The van der Waals surface area contributed by atoms with E-state index in [2.05, 4.69) is 4.98 Å². The summed E-state index contributed by atoms with van der Waals surface area (Å²) >= 11 is 0. The number of nitrogens with one attached hydrogen (secondary N) is 1. The van der Waals surface area contributed by atoms with E-state index in [1.54, 1.807) is 4.90 Å². The molecule has 2 rings (SSSR count). The third-order valence-corrected chi connectivity index (χ3v) is 2.92. The Labute approximate surface area is 97.7 Å². The van der Waals surface area contributed by atoms with Crippen molar-refractivity contribution in [3.05, 3.63) is 27.9 Å². The summed E-state index contributed by atoms with van der Waals surface area (Å²) in [5, 5.41) is 10.5. The van der Waals surface area contributed by atoms with Crippen LogP contribution in [-0.2, 0) is 0 Å². The van der Waals surface area contributed by atoms with Crippen molar-refractivity contribution in [2.24, 2.45) is 5.73 Å². The second-order valence-corrected chi connectivity index (χ2v) is 4.14. The number of carbonyl (C=O) groups is 1. The Morgan fingerprint density at radius 3 is 2.65 bits per heavy atom. The first-order valence-corrected chi connectivity index (χ1v) is 5.46. The van der Waals surface area contributed by atoms with Crippen LogP contribution in [0.2, 0.25) is 0 Å². The van der Waals surface area contributed by atoms with Gasteiger partial charge in [-0.2, -0.15) is 0 Å². The third-order valence-electron chi connectivity index (χ3n) is 2.92. The molecule has 0 radical (unpaired) electrons. The molecule has 1 aliphatic rings. The maximum atomic E-state index is 12.0. The predicted octanol–water partition coefficient (Wildman–Crippen LogP) is 0.486. The van der Waals surface area contributed by atoms with Gasteiger partial charge in [-0.3, -0.25) is 4.79 Å². The molecule has 0 aromatic carbocycles. The number of nitrogens with zero attached hydrogens (tertiary/aromatic N) is 2. The van der Waals surface area contributed by atoms with Gasteiger partial charge in [-0.05, 0) is 23.8 Å². The Hall–Kier alpha value is -1.89. The van der Waals surface area contributed by atoms with E-state index in [-0.39, 0.29) is 23.5 Å². The van der Waals surface area contributed by atoms with Crippen LogP contribution >= 0.6 is 0 Å². The van der Waals surface area contributed by atoms with Crippen LogP contribution in [0, 0.1) is 10.1 Å². The molecule has 92 valence electrons. The van der Waals surface area contributed by atoms with Gasteiger partial charge in [-0.1, -0.05) is 0 Å². The Balaban J connectivity index is 2.06. The first-order chi connectivity index (χ1) is 8.08. The van der Waals surface area contributed by atoms with Gasteiger partial charge in [0.2, 0.25) is 0 Å². The van der Waals surface area contributed by atoms with E-state index in [1.807, 2.05) is 0 Å². The van der Waals surface area contributed by atoms with Crippen LogP contribution < -0.4 is 5.73 Å². The summed E-state index contributed by atoms with van der Waals surface area (Å²) in [5.74, 6) is -0.368. The molecule has 0 spiro atoms. The van der Waals surface area contributed by atoms with E-state index >= 15 is 0 Å². The molecule has 1 fully saturated rings. The monoisotopic (exact) mass is 238 g/mol. The molecule has 1 aromatic heterocycles. The SMILES string of the molecule is NC1CCN(C(=O)c2ccc([N+](=O)[O-])[nH]2)CC1. The van der Waals surface area contributed by atoms with Gasteiger partial charge in [-0.25, -0.2) is 4.98 Å². The van der Waals surface area contributed by atoms with Crippen molar-refractivity contribution in [1.29, 1.82) is 0 Å². The van der Waals surface area contributed by atoms with Crippen LogP contribution in [0.4, 0.5) is 5.82 Å². The van der Waals surface area contributed by atoms with Crippen LogP contribution in [0.5, 0.6) is 0 Å². The molecular formula is C10H14N4O3. The molecule has 0 atom stereocenters. The van der Waals surface area contributed by atoms with Crippen molar-refractivity contribution in [3.63, 3.8) is 0 Å². The zero-order valence-electron chi connectivity index (χ0n) is 9.26. The Kier molecular flexibility index (Phi) is 3.10. The number of nitrogens with two attached hydrogens (primary N) is 1. The average molecular weight is 238 g/mol. The molecular weight excluding hydrogens is 224 g/mol. The van der Waals surface area contributed by atoms with Crippen molar-refractivity contribution in [2.45, 2.75) is 18.9 Å². The highest BCUT2D eigenvalue weighted by Crippen LogP contribution is 2.15. The molecule has 7 heteroatoms. The van der Waals surface area contributed by atoms with Crippen LogP contribution in [-0.4, -0.2) is 39.8 Å². The molecule has 3 N–H and O–H groups in total. The van der Waals surface area contributed by atoms with Gasteiger partial charge in [0.15, 0.2) is 5.69 Å². The van der Waals surface area contributed by atoms with E-state index in [0.29, 0.717) is 13.1 Å². The maximum absolute atomic E-state index is 12.0. The van der Waals surface area contributed by atoms with Crippen LogP contribution in [0.15, 0.2) is 12.1 Å². The molecule has 1 aromatic rings. The van der Waals surface area contributed by atoms with E-state index in [4.69, 9.17) is 5.73 Å². The van der Waals surface area contributed by atoms with Gasteiger partial charge in [0.05, 0.1) is 0 Å². The predicted molar refractivity (Wildman–Crippen MR) is 60.6 cm³/mol. The molecule has 2 heterocycles. The summed E-state index contributed by atoms with van der Waals surface area (Å²) in [6, 6.07) is 2.88. The maximum Gasteiger partial charge on any atom is 0.321 e. The molecule has 17 heavy (non-hydrogen) atoms. The lowest BCUT2D eigenvalue weighted by atomic mass is 10.1. The lowest BCUT2D eigenvalue weighted by Gasteiger charge is -2.29. The second kappa shape index (κ2) is 4.54. The van der Waals surface area contributed by atoms with E-state index in [1.165, 1.54) is 12.1 Å². The molecule has 1 aliphatic heterocycles. The number of aromatic nitrogens is 1. The number of nitro groups is 1. The molecule has 0 aliphatic carbocycles. The van der Waals surface area contributed by atoms with Crippen LogP contribution in [0.25, 0.3) is 0 Å². The number of amides is 1. The fraction of sp³-hybridized carbons (Fsp3) is 0.500. The summed E-state index contributed by atoms with van der Waals surface area (Å²) < 4.78 is 0. The van der Waals surface area contributed by atoms with E-state index in [0.717, 1.165) is 12.8 Å². The van der Waals surface area contributed by atoms with Crippen molar-refractivity contribution in [1.82, 2.24) is 9.88 Å². The van der Waals surface area contributed by atoms with E-state index in [9.17, 15) is 14.9 Å². The van der Waals surface area contributed by atoms with Crippen molar-refractivity contribution < 1.29 is 9.72 Å². The van der Waals surface area contributed by atoms with Crippen molar-refractivity contribution in [3.8, 4) is 0 Å². The number of likely N-dealkylation sites (tertiary alicyclic amines) is 1. The highest BCUT2D eigenvalue weighted by Gasteiger charge is 2.25. The molecule has 7 nitrogen and oxygen atoms in total. The smallest absolute Gasteiger partial charge is 0.321 e. The van der Waals surface area contributed by atoms with Gasteiger partial charge < -0.3 is 20.7 Å². The highest BCUT2D eigenvalue weighted by atomic mass is 16.6. The molecule has 0 bridgehead atoms. The number of piperidine rings is 1. The minimum atomic E-state index is -0.553. The standard InChI is InChI=1S/C10H14N4O3/c11-7-3-5-13(6-4-7)10(15)8-1-2-9(12-8)14(16)17/h1-2,7,12H,3-6,11H2. The molecule has 1 amide bonds. The lowest BCUT2D eigenvalue weighted by Crippen LogP contribution is -2.42. The Bertz CT molecular complexity index is 435. The first-order valence-electron chi connectivity index (χ1n) is 5.46. The first kappa shape index (κ1) is 11.6. The largest absolute Gasteiger partial charge is 0.358 e. The van der Waals surface area contributed by atoms with Crippen LogP contribution in [0.1, 0.15) is 23.3 Å². The summed E-state index contributed by atoms with van der Waals surface area (Å²) in [6.07, 6.45) is 1.54. The Morgan fingerprint density at radius 2 is 2.12 bits per heavy atom. The Morgan fingerprint density at radius 1 is 1.47 bits per heavy atom. The zero-order valence-corrected chi connectivity index (χ0v) is 9.26. The topological polar surface area (TPSA) is 105 Å². The van der Waals surface area contributed by atoms with Gasteiger partial charge in [0, 0.05) is 25.2 Å². The quantitative estimate of drug-likeness (QED) is 0.577. The fourth-order valence-electron chi connectivity index (χ4n) is 1.89. The van der Waals surface area contributed by atoms with Gasteiger partial charge in [-0.15, -0.1) is 0 Å². The lowest BCUT2D eigenvalue weighted by molar-refractivity contribution is -0.389. The normalized spacial score (nSPS) is 17.1. The number of hydrogen-bond donors (Lipinski definition) is 2. The number of carbonyl (C=O) groups excluding carboxylic acids is 1. The van der Waals surface area contributed by atoms with Crippen molar-refractivity contribution >= 4 is 11.7 Å². The molecule has 1 saturated heterocycles. The number of hydrogen-bond acceptors (Lipinski definition) is 4. The number of aromatic amines is 1. The summed E-state index contributed by atoms with van der Waals surface area (Å²) in [7, 11) is 0. The van der Waals surface area contributed by atoms with Crippen LogP contribution in [0.3, 0.4) is 0 Å². The summed E-state index contributed by atoms with van der Waals surface area (Å²) in [5.41, 5.74) is 6.00. The van der Waals surface area contributed by atoms with Gasteiger partial charge in [0.1, 0.15) is 0 Å². The van der Waals surface area contributed by atoms with E-state index < -0.39 is 4.92 Å². The average Bonchev–Trinajstić information content (AvgIpc) is 2.78. The number of rotatable bonds is 2. The second-order valence-electron chi connectivity index (χ2n) is 4.14. The molecule has 0 saturated carbocycles. The minimum absolute atomic E-state index is 0.150. The highest BCUT2D eigenvalue weighted by molar-refractivity contribution is 5.93. The third kappa shape index (κ3) is 2.44. The zero-order chi connectivity index (χ0) is 12.4. The fourth-order valence-corrected chi connectivity index (χ4v) is 1.89. The number of H-pyrrole nitrogens is 1. The summed E-state index contributed by atoms with van der Waals surface area (Å²) in [6.45, 7) is 1.21. The van der Waals surface area contributed by atoms with Crippen molar-refractivity contribution in [2.75, 3.05) is 13.1 Å².